The van der Waals surface area contributed by atoms with E-state index in [1.807, 2.05) is 6.92 Å². The third-order valence-corrected chi connectivity index (χ3v) is 1.54. The highest BCUT2D eigenvalue weighted by atomic mass is 35.5. The minimum Gasteiger partial charge on any atom is -0.241 e. The standard InChI is InChI=1S/C7H7ClFN/c1-2-5-3-6(9)7(8)10-4-5/h3-4H,2H2,1H3. The molecule has 3 heteroatoms. The summed E-state index contributed by atoms with van der Waals surface area (Å²) < 4.78 is 12.6. The van der Waals surface area contributed by atoms with Crippen LogP contribution in [0.4, 0.5) is 4.39 Å². The van der Waals surface area contributed by atoms with Gasteiger partial charge in [0.2, 0.25) is 0 Å². The molecule has 1 aromatic rings. The first-order chi connectivity index (χ1) is 4.74. The van der Waals surface area contributed by atoms with Gasteiger partial charge in [-0.3, -0.25) is 0 Å². The molecule has 1 aromatic heterocycles. The minimum absolute atomic E-state index is 0.0581. The largest absolute Gasteiger partial charge is 0.241 e. The molecule has 0 unspecified atom stereocenters. The lowest BCUT2D eigenvalue weighted by Gasteiger charge is -1.95. The highest BCUT2D eigenvalue weighted by Gasteiger charge is 1.99. The second kappa shape index (κ2) is 2.97. The van der Waals surface area contributed by atoms with Crippen LogP contribution in [0.25, 0.3) is 0 Å². The molecule has 0 aromatic carbocycles. The summed E-state index contributed by atoms with van der Waals surface area (Å²) in [5, 5.41) is -0.0581. The quantitative estimate of drug-likeness (QED) is 0.574. The molecule has 0 spiro atoms. The maximum atomic E-state index is 12.6. The first kappa shape index (κ1) is 7.48. The molecule has 0 fully saturated rings. The van der Waals surface area contributed by atoms with Gasteiger partial charge in [-0.05, 0) is 18.1 Å². The van der Waals surface area contributed by atoms with E-state index in [0.717, 1.165) is 12.0 Å². The summed E-state index contributed by atoms with van der Waals surface area (Å²) in [5.41, 5.74) is 0.863. The average Bonchev–Trinajstić information content (AvgIpc) is 1.95. The van der Waals surface area contributed by atoms with Crippen molar-refractivity contribution in [3.8, 4) is 0 Å². The van der Waals surface area contributed by atoms with Crippen LogP contribution in [0, 0.1) is 5.82 Å². The molecule has 1 nitrogen and oxygen atoms in total. The van der Waals surface area contributed by atoms with E-state index in [4.69, 9.17) is 11.6 Å². The van der Waals surface area contributed by atoms with Crippen LogP contribution in [0.5, 0.6) is 0 Å². The Morgan fingerprint density at radius 2 is 2.40 bits per heavy atom. The summed E-state index contributed by atoms with van der Waals surface area (Å²) in [4.78, 5) is 3.64. The lowest BCUT2D eigenvalue weighted by atomic mass is 10.2. The molecule has 0 radical (unpaired) electrons. The molecular formula is C7H7ClFN. The third-order valence-electron chi connectivity index (χ3n) is 1.26. The van der Waals surface area contributed by atoms with Crippen LogP contribution >= 0.6 is 11.6 Å². The van der Waals surface area contributed by atoms with Crippen molar-refractivity contribution in [3.05, 3.63) is 28.8 Å². The van der Waals surface area contributed by atoms with Crippen LogP contribution in [0.1, 0.15) is 12.5 Å². The van der Waals surface area contributed by atoms with Gasteiger partial charge in [-0.15, -0.1) is 0 Å². The fourth-order valence-corrected chi connectivity index (χ4v) is 0.758. The van der Waals surface area contributed by atoms with E-state index in [2.05, 4.69) is 4.98 Å². The van der Waals surface area contributed by atoms with Crippen molar-refractivity contribution in [2.75, 3.05) is 0 Å². The first-order valence-corrected chi connectivity index (χ1v) is 3.41. The van der Waals surface area contributed by atoms with Gasteiger partial charge in [-0.2, -0.15) is 0 Å². The number of aromatic nitrogens is 1. The fourth-order valence-electron chi connectivity index (χ4n) is 0.654. The fraction of sp³-hybridized carbons (Fsp3) is 0.286. The zero-order valence-corrected chi connectivity index (χ0v) is 6.32. The van der Waals surface area contributed by atoms with E-state index in [0.29, 0.717) is 0 Å². The summed E-state index contributed by atoms with van der Waals surface area (Å²) in [6.45, 7) is 1.93. The summed E-state index contributed by atoms with van der Waals surface area (Å²) in [6, 6.07) is 1.40. The van der Waals surface area contributed by atoms with Gasteiger partial charge in [-0.1, -0.05) is 18.5 Å². The van der Waals surface area contributed by atoms with Gasteiger partial charge in [0, 0.05) is 6.20 Å². The number of nitrogens with zero attached hydrogens (tertiary/aromatic N) is 1. The minimum atomic E-state index is -0.444. The molecule has 0 amide bonds. The van der Waals surface area contributed by atoms with Gasteiger partial charge < -0.3 is 0 Å². The topological polar surface area (TPSA) is 12.9 Å². The van der Waals surface area contributed by atoms with Crippen molar-refractivity contribution in [3.63, 3.8) is 0 Å². The van der Waals surface area contributed by atoms with Crippen molar-refractivity contribution in [1.82, 2.24) is 4.98 Å². The van der Waals surface area contributed by atoms with E-state index in [9.17, 15) is 4.39 Å². The third kappa shape index (κ3) is 1.45. The molecule has 0 atom stereocenters. The lowest BCUT2D eigenvalue weighted by molar-refractivity contribution is 0.619. The van der Waals surface area contributed by atoms with Gasteiger partial charge in [0.15, 0.2) is 11.0 Å². The summed E-state index contributed by atoms with van der Waals surface area (Å²) >= 11 is 5.35. The Bertz CT molecular complexity index is 237. The predicted octanol–water partition coefficient (Wildman–Crippen LogP) is 2.44. The van der Waals surface area contributed by atoms with E-state index in [-0.39, 0.29) is 5.15 Å². The van der Waals surface area contributed by atoms with E-state index in [1.54, 1.807) is 6.20 Å². The van der Waals surface area contributed by atoms with E-state index < -0.39 is 5.82 Å². The van der Waals surface area contributed by atoms with Crippen LogP contribution in [0.2, 0.25) is 5.15 Å². The molecule has 0 saturated carbocycles. The van der Waals surface area contributed by atoms with Gasteiger partial charge in [0.05, 0.1) is 0 Å². The van der Waals surface area contributed by atoms with Crippen LogP contribution in [0.3, 0.4) is 0 Å². The number of halogens is 2. The molecule has 0 saturated heterocycles. The second-order valence-corrected chi connectivity index (χ2v) is 2.33. The van der Waals surface area contributed by atoms with Crippen LogP contribution in [0.15, 0.2) is 12.3 Å². The zero-order chi connectivity index (χ0) is 7.56. The van der Waals surface area contributed by atoms with Gasteiger partial charge in [0.1, 0.15) is 0 Å². The van der Waals surface area contributed by atoms with Gasteiger partial charge >= 0.3 is 0 Å². The lowest BCUT2D eigenvalue weighted by Crippen LogP contribution is -1.86. The van der Waals surface area contributed by atoms with E-state index in [1.165, 1.54) is 6.07 Å². The molecule has 10 heavy (non-hydrogen) atoms. The molecule has 0 aliphatic heterocycles. The summed E-state index contributed by atoms with van der Waals surface area (Å²) in [7, 11) is 0. The Morgan fingerprint density at radius 1 is 1.70 bits per heavy atom. The second-order valence-electron chi connectivity index (χ2n) is 1.97. The molecule has 0 N–H and O–H groups in total. The summed E-state index contributed by atoms with van der Waals surface area (Å²) in [5.74, 6) is -0.444. The maximum absolute atomic E-state index is 12.6. The molecule has 0 aliphatic rings. The normalized spacial score (nSPS) is 9.90. The number of aryl methyl sites for hydroxylation is 1. The van der Waals surface area contributed by atoms with Crippen molar-refractivity contribution < 1.29 is 4.39 Å². The summed E-state index contributed by atoms with van der Waals surface area (Å²) in [6.07, 6.45) is 2.35. The van der Waals surface area contributed by atoms with Crippen molar-refractivity contribution in [2.24, 2.45) is 0 Å². The molecule has 0 bridgehead atoms. The number of hydrogen-bond donors (Lipinski definition) is 0. The highest BCUT2D eigenvalue weighted by molar-refractivity contribution is 6.29. The number of rotatable bonds is 1. The Morgan fingerprint density at radius 3 is 2.90 bits per heavy atom. The monoisotopic (exact) mass is 159 g/mol. The SMILES string of the molecule is CCc1cnc(Cl)c(F)c1. The van der Waals surface area contributed by atoms with Crippen molar-refractivity contribution >= 4 is 11.6 Å². The molecule has 1 rings (SSSR count). The highest BCUT2D eigenvalue weighted by Crippen LogP contribution is 2.11. The Labute approximate surface area is 63.8 Å². The smallest absolute Gasteiger partial charge is 0.164 e. The first-order valence-electron chi connectivity index (χ1n) is 3.04. The van der Waals surface area contributed by atoms with Gasteiger partial charge in [-0.25, -0.2) is 9.37 Å². The van der Waals surface area contributed by atoms with Gasteiger partial charge in [0.25, 0.3) is 0 Å². The Kier molecular flexibility index (Phi) is 2.22. The average molecular weight is 160 g/mol. The van der Waals surface area contributed by atoms with Crippen LogP contribution < -0.4 is 0 Å². The Balaban J connectivity index is 3.04. The van der Waals surface area contributed by atoms with Crippen LogP contribution in [-0.4, -0.2) is 4.98 Å². The van der Waals surface area contributed by atoms with Crippen molar-refractivity contribution in [2.45, 2.75) is 13.3 Å². The van der Waals surface area contributed by atoms with Crippen molar-refractivity contribution in [1.29, 1.82) is 0 Å². The molecule has 1 heterocycles. The zero-order valence-electron chi connectivity index (χ0n) is 5.56. The van der Waals surface area contributed by atoms with E-state index >= 15 is 0 Å². The maximum Gasteiger partial charge on any atom is 0.164 e. The number of hydrogen-bond acceptors (Lipinski definition) is 1. The Hall–Kier alpha value is -0.630. The predicted molar refractivity (Wildman–Crippen MR) is 38.6 cm³/mol. The molecule has 0 aliphatic carbocycles. The number of pyridine rings is 1. The molecular weight excluding hydrogens is 153 g/mol. The van der Waals surface area contributed by atoms with Crippen LogP contribution in [-0.2, 0) is 6.42 Å². The molecule has 54 valence electrons.